The van der Waals surface area contributed by atoms with Gasteiger partial charge in [0, 0.05) is 18.0 Å². The molecule has 0 fully saturated rings. The van der Waals surface area contributed by atoms with Crippen molar-refractivity contribution in [3.63, 3.8) is 0 Å². The van der Waals surface area contributed by atoms with E-state index in [-0.39, 0.29) is 5.91 Å². The molecule has 1 heterocycles. The van der Waals surface area contributed by atoms with Gasteiger partial charge in [0.05, 0.1) is 11.6 Å². The van der Waals surface area contributed by atoms with E-state index in [0.29, 0.717) is 11.3 Å². The van der Waals surface area contributed by atoms with E-state index in [1.165, 1.54) is 12.4 Å². The number of aromatic nitrogens is 1. The molecule has 0 bridgehead atoms. The van der Waals surface area contributed by atoms with Crippen molar-refractivity contribution in [1.29, 1.82) is 0 Å². The van der Waals surface area contributed by atoms with E-state index in [1.54, 1.807) is 18.2 Å². The molecule has 1 aliphatic rings. The van der Waals surface area contributed by atoms with Crippen LogP contribution in [0.5, 0.6) is 0 Å². The zero-order valence-corrected chi connectivity index (χ0v) is 11.6. The molecule has 1 atom stereocenters. The molecular formula is C17H13N3O2. The maximum atomic E-state index is 12.0. The van der Waals surface area contributed by atoms with Gasteiger partial charge in [-0.1, -0.05) is 30.3 Å². The summed E-state index contributed by atoms with van der Waals surface area (Å²) < 4.78 is 0. The zero-order valence-electron chi connectivity index (χ0n) is 11.6. The van der Waals surface area contributed by atoms with Gasteiger partial charge in [0.25, 0.3) is 5.91 Å². The van der Waals surface area contributed by atoms with Crippen LogP contribution in [0.1, 0.15) is 27.4 Å². The van der Waals surface area contributed by atoms with Gasteiger partial charge in [-0.15, -0.1) is 0 Å². The molecule has 0 spiro atoms. The summed E-state index contributed by atoms with van der Waals surface area (Å²) in [6, 6.07) is 10.8. The maximum Gasteiger partial charge on any atom is 0.271 e. The first-order chi connectivity index (χ1) is 10.8. The van der Waals surface area contributed by atoms with Crippen LogP contribution in [0, 0.1) is 0 Å². The Kier molecular flexibility index (Phi) is 3.87. The molecule has 5 nitrogen and oxygen atoms in total. The first-order valence-corrected chi connectivity index (χ1v) is 6.80. The van der Waals surface area contributed by atoms with Gasteiger partial charge in [-0.05, 0) is 29.3 Å². The lowest BCUT2D eigenvalue weighted by Crippen LogP contribution is -2.23. The molecule has 0 saturated carbocycles. The van der Waals surface area contributed by atoms with Gasteiger partial charge in [-0.25, -0.2) is 5.43 Å². The number of hydrazone groups is 1. The predicted molar refractivity (Wildman–Crippen MR) is 83.4 cm³/mol. The summed E-state index contributed by atoms with van der Waals surface area (Å²) in [7, 11) is 0. The number of amides is 1. The monoisotopic (exact) mass is 291 g/mol. The third-order valence-electron chi connectivity index (χ3n) is 3.45. The summed E-state index contributed by atoms with van der Waals surface area (Å²) in [5, 5.41) is 4.09. The largest absolute Gasteiger partial charge is 0.302 e. The molecule has 0 aliphatic heterocycles. The Balaban J connectivity index is 1.83. The summed E-state index contributed by atoms with van der Waals surface area (Å²) in [5.74, 6) is -0.814. The Bertz CT molecular complexity index is 766. The molecule has 1 aromatic heterocycles. The fourth-order valence-electron chi connectivity index (χ4n) is 2.32. The first kappa shape index (κ1) is 13.9. The van der Waals surface area contributed by atoms with Crippen LogP contribution < -0.4 is 5.43 Å². The SMILES string of the molecule is O=CC1C(=NNC(=O)c2ccncc2)C=Cc2ccccc21. The topological polar surface area (TPSA) is 71.4 Å². The van der Waals surface area contributed by atoms with Gasteiger partial charge in [0.2, 0.25) is 0 Å². The van der Waals surface area contributed by atoms with E-state index < -0.39 is 5.92 Å². The number of nitrogens with one attached hydrogen (secondary N) is 1. The Hall–Kier alpha value is -3.08. The van der Waals surface area contributed by atoms with Crippen LogP contribution in [0.2, 0.25) is 0 Å². The van der Waals surface area contributed by atoms with Gasteiger partial charge < -0.3 is 4.79 Å². The van der Waals surface area contributed by atoms with E-state index in [1.807, 2.05) is 30.3 Å². The summed E-state index contributed by atoms with van der Waals surface area (Å²) in [6.45, 7) is 0. The Labute approximate surface area is 127 Å². The highest BCUT2D eigenvalue weighted by molar-refractivity contribution is 6.13. The highest BCUT2D eigenvalue weighted by Crippen LogP contribution is 2.26. The quantitative estimate of drug-likeness (QED) is 0.696. The average molecular weight is 291 g/mol. The van der Waals surface area contributed by atoms with Crippen LogP contribution in [0.4, 0.5) is 0 Å². The molecule has 3 rings (SSSR count). The standard InChI is InChI=1S/C17H13N3O2/c21-11-15-14-4-2-1-3-12(14)5-6-16(15)19-20-17(22)13-7-9-18-10-8-13/h1-11,15H,(H,20,22). The van der Waals surface area contributed by atoms with Gasteiger partial charge in [-0.3, -0.25) is 9.78 Å². The fourth-order valence-corrected chi connectivity index (χ4v) is 2.32. The molecule has 1 N–H and O–H groups in total. The van der Waals surface area contributed by atoms with Crippen molar-refractivity contribution in [1.82, 2.24) is 10.4 Å². The highest BCUT2D eigenvalue weighted by atomic mass is 16.2. The van der Waals surface area contributed by atoms with Crippen molar-refractivity contribution in [3.8, 4) is 0 Å². The lowest BCUT2D eigenvalue weighted by molar-refractivity contribution is -0.107. The minimum absolute atomic E-state index is 0.341. The molecule has 0 saturated heterocycles. The number of benzene rings is 1. The lowest BCUT2D eigenvalue weighted by Gasteiger charge is -2.18. The number of nitrogens with zero attached hydrogens (tertiary/aromatic N) is 2. The lowest BCUT2D eigenvalue weighted by atomic mass is 9.87. The molecule has 0 radical (unpaired) electrons. The van der Waals surface area contributed by atoms with Crippen LogP contribution in [-0.4, -0.2) is 22.9 Å². The third-order valence-corrected chi connectivity index (χ3v) is 3.45. The normalized spacial score (nSPS) is 17.8. The minimum Gasteiger partial charge on any atom is -0.302 e. The Morgan fingerprint density at radius 2 is 1.91 bits per heavy atom. The first-order valence-electron chi connectivity index (χ1n) is 6.80. The molecule has 5 heteroatoms. The van der Waals surface area contributed by atoms with Crippen molar-refractivity contribution in [2.75, 3.05) is 0 Å². The summed E-state index contributed by atoms with van der Waals surface area (Å²) in [4.78, 5) is 27.2. The number of carbonyl (C=O) groups excluding carboxylic acids is 2. The summed E-state index contributed by atoms with van der Waals surface area (Å²) in [5.41, 5.74) is 5.32. The van der Waals surface area contributed by atoms with Gasteiger partial charge >= 0.3 is 0 Å². The summed E-state index contributed by atoms with van der Waals surface area (Å²) in [6.07, 6.45) is 7.53. The summed E-state index contributed by atoms with van der Waals surface area (Å²) >= 11 is 0. The molecule has 1 aromatic carbocycles. The molecule has 1 aliphatic carbocycles. The van der Waals surface area contributed by atoms with E-state index in [4.69, 9.17) is 0 Å². The number of pyridine rings is 1. The van der Waals surface area contributed by atoms with E-state index in [0.717, 1.165) is 17.4 Å². The molecule has 2 aromatic rings. The maximum absolute atomic E-state index is 12.0. The number of hydrogen-bond donors (Lipinski definition) is 1. The number of aldehydes is 1. The van der Waals surface area contributed by atoms with Crippen LogP contribution in [0.25, 0.3) is 6.08 Å². The number of carbonyl (C=O) groups is 2. The van der Waals surface area contributed by atoms with Crippen LogP contribution in [0.3, 0.4) is 0 Å². The molecular weight excluding hydrogens is 278 g/mol. The second-order valence-corrected chi connectivity index (χ2v) is 4.79. The van der Waals surface area contributed by atoms with E-state index in [9.17, 15) is 9.59 Å². The van der Waals surface area contributed by atoms with Crippen molar-refractivity contribution >= 4 is 24.0 Å². The Morgan fingerprint density at radius 3 is 2.68 bits per heavy atom. The average Bonchev–Trinajstić information content (AvgIpc) is 2.59. The molecule has 1 amide bonds. The van der Waals surface area contributed by atoms with Crippen LogP contribution in [-0.2, 0) is 4.79 Å². The second-order valence-electron chi connectivity index (χ2n) is 4.79. The number of fused-ring (bicyclic) bond motifs is 1. The van der Waals surface area contributed by atoms with E-state index >= 15 is 0 Å². The number of hydrogen-bond acceptors (Lipinski definition) is 4. The zero-order chi connectivity index (χ0) is 15.4. The molecule has 22 heavy (non-hydrogen) atoms. The van der Waals surface area contributed by atoms with Gasteiger partial charge in [-0.2, -0.15) is 5.10 Å². The number of rotatable bonds is 3. The van der Waals surface area contributed by atoms with Crippen LogP contribution >= 0.6 is 0 Å². The van der Waals surface area contributed by atoms with Crippen molar-refractivity contribution in [3.05, 3.63) is 71.6 Å². The third kappa shape index (κ3) is 2.69. The molecule has 108 valence electrons. The van der Waals surface area contributed by atoms with Crippen molar-refractivity contribution in [2.45, 2.75) is 5.92 Å². The highest BCUT2D eigenvalue weighted by Gasteiger charge is 2.22. The van der Waals surface area contributed by atoms with Crippen molar-refractivity contribution in [2.24, 2.45) is 5.10 Å². The minimum atomic E-state index is -0.473. The fraction of sp³-hybridized carbons (Fsp3) is 0.0588. The molecule has 1 unspecified atom stereocenters. The number of allylic oxidation sites excluding steroid dienone is 1. The van der Waals surface area contributed by atoms with Crippen LogP contribution in [0.15, 0.2) is 60.0 Å². The van der Waals surface area contributed by atoms with Gasteiger partial charge in [0.15, 0.2) is 0 Å². The van der Waals surface area contributed by atoms with E-state index in [2.05, 4.69) is 15.5 Å². The van der Waals surface area contributed by atoms with Gasteiger partial charge in [0.1, 0.15) is 6.29 Å². The second kappa shape index (κ2) is 6.13. The predicted octanol–water partition coefficient (Wildman–Crippen LogP) is 2.18. The smallest absolute Gasteiger partial charge is 0.271 e. The van der Waals surface area contributed by atoms with Crippen molar-refractivity contribution < 1.29 is 9.59 Å². The Morgan fingerprint density at radius 1 is 1.14 bits per heavy atom.